The predicted molar refractivity (Wildman–Crippen MR) is 32.2 cm³/mol. The number of hydrogen-bond acceptors (Lipinski definition) is 3. The van der Waals surface area contributed by atoms with E-state index in [0.29, 0.717) is 0 Å². The fraction of sp³-hybridized carbons (Fsp3) is 0.750. The Morgan fingerprint density at radius 1 is 1.89 bits per heavy atom. The lowest BCUT2D eigenvalue weighted by atomic mass is 10.3. The van der Waals surface area contributed by atoms with Crippen LogP contribution in [0.15, 0.2) is 0 Å². The molecule has 5 heteroatoms. The quantitative estimate of drug-likeness (QED) is 0.531. The zero-order valence-corrected chi connectivity index (χ0v) is 5.81. The first-order chi connectivity index (χ1) is 4.04. The summed E-state index contributed by atoms with van der Waals surface area (Å²) in [6, 6.07) is 0. The first kappa shape index (κ1) is 8.58. The lowest BCUT2D eigenvalue weighted by Gasteiger charge is -2.11. The third-order valence-electron chi connectivity index (χ3n) is 0.817. The Kier molecular flexibility index (Phi) is 3.41. The number of rotatable bonds is 3. The summed E-state index contributed by atoms with van der Waals surface area (Å²) in [5.74, 6) is -0.591. The molecule has 0 aromatic heterocycles. The molecule has 0 radical (unpaired) electrons. The van der Waals surface area contributed by atoms with Crippen molar-refractivity contribution in [1.29, 1.82) is 0 Å². The summed E-state index contributed by atoms with van der Waals surface area (Å²) in [5, 5.41) is -0.664. The molecule has 0 saturated heterocycles. The third-order valence-corrected chi connectivity index (χ3v) is 1.64. The molecule has 54 valence electrons. The molecule has 0 spiro atoms. The molecule has 0 aliphatic heterocycles. The summed E-state index contributed by atoms with van der Waals surface area (Å²) in [4.78, 5) is 10.1. The van der Waals surface area contributed by atoms with Crippen LogP contribution in [0.4, 0.5) is 0 Å². The molecule has 0 saturated carbocycles. The van der Waals surface area contributed by atoms with Crippen LogP contribution in [0.25, 0.3) is 0 Å². The maximum Gasteiger partial charge on any atom is 0.218 e. The van der Waals surface area contributed by atoms with Gasteiger partial charge in [-0.15, -0.1) is 0 Å². The van der Waals surface area contributed by atoms with Crippen LogP contribution in [0.1, 0.15) is 13.3 Å². The van der Waals surface area contributed by atoms with Crippen LogP contribution in [0, 0.1) is 0 Å². The number of carbonyl (C=O) groups excluding carboxylic acids is 1. The molecule has 0 heterocycles. The molecular formula is C4H8NO3S-. The number of nitrogens with two attached hydrogens (primary N) is 1. The minimum absolute atomic E-state index is 0.101. The van der Waals surface area contributed by atoms with Gasteiger partial charge in [-0.25, -0.2) is 0 Å². The molecule has 1 amide bonds. The maximum atomic E-state index is 10.1. The number of hydrogen-bond donors (Lipinski definition) is 1. The normalized spacial score (nSPS) is 16.7. The fourth-order valence-electron chi connectivity index (χ4n) is 0.351. The summed E-state index contributed by atoms with van der Waals surface area (Å²) in [6.45, 7) is 1.42. The summed E-state index contributed by atoms with van der Waals surface area (Å²) >= 11 is -2.18. The van der Waals surface area contributed by atoms with Gasteiger partial charge in [0.05, 0.1) is 0 Å². The zero-order chi connectivity index (χ0) is 7.44. The van der Waals surface area contributed by atoms with E-state index in [4.69, 9.17) is 5.73 Å². The van der Waals surface area contributed by atoms with Gasteiger partial charge in [-0.3, -0.25) is 9.00 Å². The van der Waals surface area contributed by atoms with Gasteiger partial charge in [0, 0.05) is 11.7 Å². The Labute approximate surface area is 55.7 Å². The van der Waals surface area contributed by atoms with Crippen molar-refractivity contribution in [2.24, 2.45) is 5.73 Å². The second kappa shape index (κ2) is 3.58. The van der Waals surface area contributed by atoms with Gasteiger partial charge in [-0.05, 0) is 0 Å². The highest BCUT2D eigenvalue weighted by Gasteiger charge is 2.04. The van der Waals surface area contributed by atoms with E-state index >= 15 is 0 Å². The Balaban J connectivity index is 3.63. The molecule has 9 heavy (non-hydrogen) atoms. The average Bonchev–Trinajstić information content (AvgIpc) is 1.63. The number of amides is 1. The van der Waals surface area contributed by atoms with Gasteiger partial charge in [0.1, 0.15) is 0 Å². The Morgan fingerprint density at radius 3 is 2.44 bits per heavy atom. The highest BCUT2D eigenvalue weighted by atomic mass is 32.2. The average molecular weight is 150 g/mol. The minimum atomic E-state index is -2.18. The Hall–Kier alpha value is -0.420. The van der Waals surface area contributed by atoms with Gasteiger partial charge in [-0.1, -0.05) is 18.0 Å². The first-order valence-electron chi connectivity index (χ1n) is 2.40. The second-order valence-corrected chi connectivity index (χ2v) is 3.07. The van der Waals surface area contributed by atoms with Gasteiger partial charge < -0.3 is 10.3 Å². The molecule has 2 N–H and O–H groups in total. The van der Waals surface area contributed by atoms with E-state index in [1.807, 2.05) is 0 Å². The zero-order valence-electron chi connectivity index (χ0n) is 4.99. The smallest absolute Gasteiger partial charge is 0.218 e. The van der Waals surface area contributed by atoms with Crippen molar-refractivity contribution in [3.05, 3.63) is 0 Å². The van der Waals surface area contributed by atoms with Crippen LogP contribution in [-0.2, 0) is 15.9 Å². The van der Waals surface area contributed by atoms with Crippen LogP contribution in [0.5, 0.6) is 0 Å². The van der Waals surface area contributed by atoms with Gasteiger partial charge in [-0.2, -0.15) is 0 Å². The van der Waals surface area contributed by atoms with E-state index in [9.17, 15) is 13.6 Å². The van der Waals surface area contributed by atoms with Gasteiger partial charge in [0.25, 0.3) is 0 Å². The first-order valence-corrected chi connectivity index (χ1v) is 3.54. The van der Waals surface area contributed by atoms with Crippen LogP contribution in [0.2, 0.25) is 0 Å². The molecule has 4 nitrogen and oxygen atoms in total. The summed E-state index contributed by atoms with van der Waals surface area (Å²) in [5.41, 5.74) is 4.72. The standard InChI is InChI=1S/C4H9NO3S/c1-3(9(7)8)2-4(5)6/h3H,2H2,1H3,(H2,5,6)(H,7,8)/p-1. The highest BCUT2D eigenvalue weighted by molar-refractivity contribution is 7.79. The molecule has 0 aliphatic carbocycles. The second-order valence-electron chi connectivity index (χ2n) is 1.74. The van der Waals surface area contributed by atoms with Crippen molar-refractivity contribution in [3.8, 4) is 0 Å². The van der Waals surface area contributed by atoms with Crippen molar-refractivity contribution >= 4 is 17.0 Å². The summed E-state index contributed by atoms with van der Waals surface area (Å²) < 4.78 is 20.1. The summed E-state index contributed by atoms with van der Waals surface area (Å²) in [6.07, 6.45) is -0.101. The largest absolute Gasteiger partial charge is 0.772 e. The summed E-state index contributed by atoms with van der Waals surface area (Å²) in [7, 11) is 0. The maximum absolute atomic E-state index is 10.1. The molecular weight excluding hydrogens is 142 g/mol. The molecule has 2 unspecified atom stereocenters. The molecule has 0 bridgehead atoms. The Morgan fingerprint density at radius 2 is 2.33 bits per heavy atom. The SMILES string of the molecule is CC(CC(N)=O)S(=O)[O-]. The van der Waals surface area contributed by atoms with E-state index in [1.54, 1.807) is 0 Å². The molecule has 0 rings (SSSR count). The predicted octanol–water partition coefficient (Wildman–Crippen LogP) is -0.871. The van der Waals surface area contributed by atoms with Gasteiger partial charge >= 0.3 is 0 Å². The molecule has 0 aromatic rings. The van der Waals surface area contributed by atoms with E-state index in [0.717, 1.165) is 0 Å². The van der Waals surface area contributed by atoms with Crippen molar-refractivity contribution < 1.29 is 13.6 Å². The van der Waals surface area contributed by atoms with Gasteiger partial charge in [0.15, 0.2) is 0 Å². The van der Waals surface area contributed by atoms with Crippen molar-refractivity contribution in [1.82, 2.24) is 0 Å². The van der Waals surface area contributed by atoms with E-state index in [-0.39, 0.29) is 6.42 Å². The minimum Gasteiger partial charge on any atom is -0.772 e. The molecule has 2 atom stereocenters. The van der Waals surface area contributed by atoms with E-state index in [2.05, 4.69) is 0 Å². The van der Waals surface area contributed by atoms with Crippen LogP contribution >= 0.6 is 0 Å². The highest BCUT2D eigenvalue weighted by Crippen LogP contribution is 1.95. The third kappa shape index (κ3) is 4.11. The van der Waals surface area contributed by atoms with Crippen molar-refractivity contribution in [3.63, 3.8) is 0 Å². The number of primary amides is 1. The molecule has 0 aliphatic rings. The fourth-order valence-corrected chi connectivity index (χ4v) is 0.652. The number of carbonyl (C=O) groups is 1. The van der Waals surface area contributed by atoms with Gasteiger partial charge in [0.2, 0.25) is 5.91 Å². The van der Waals surface area contributed by atoms with Crippen LogP contribution in [-0.4, -0.2) is 19.9 Å². The topological polar surface area (TPSA) is 83.2 Å². The molecule has 0 aromatic carbocycles. The Bertz CT molecular complexity index is 136. The lowest BCUT2D eigenvalue weighted by molar-refractivity contribution is -0.117. The van der Waals surface area contributed by atoms with Crippen LogP contribution in [0.3, 0.4) is 0 Å². The van der Waals surface area contributed by atoms with Crippen molar-refractivity contribution in [2.75, 3.05) is 0 Å². The van der Waals surface area contributed by atoms with E-state index in [1.165, 1.54) is 6.92 Å². The molecule has 0 fully saturated rings. The van der Waals surface area contributed by atoms with Crippen LogP contribution < -0.4 is 5.73 Å². The lowest BCUT2D eigenvalue weighted by Crippen LogP contribution is -2.20. The van der Waals surface area contributed by atoms with E-state index < -0.39 is 22.2 Å². The monoisotopic (exact) mass is 150 g/mol. The van der Waals surface area contributed by atoms with Crippen molar-refractivity contribution in [2.45, 2.75) is 18.6 Å².